The van der Waals surface area contributed by atoms with Crippen molar-refractivity contribution in [1.29, 1.82) is 0 Å². The molecule has 0 heterocycles. The highest BCUT2D eigenvalue weighted by Crippen LogP contribution is 2.42. The van der Waals surface area contributed by atoms with Gasteiger partial charge < -0.3 is 14.5 Å². The molecule has 1 N–H and O–H groups in total. The predicted molar refractivity (Wildman–Crippen MR) is 95.4 cm³/mol. The van der Waals surface area contributed by atoms with E-state index in [-0.39, 0.29) is 11.5 Å². The number of halogens is 1. The lowest BCUT2D eigenvalue weighted by Crippen LogP contribution is -2.69. The molecule has 0 bridgehead atoms. The number of esters is 1. The summed E-state index contributed by atoms with van der Waals surface area (Å²) >= 11 is 6.06. The van der Waals surface area contributed by atoms with E-state index in [2.05, 4.69) is 26.3 Å². The van der Waals surface area contributed by atoms with E-state index in [0.29, 0.717) is 15.2 Å². The van der Waals surface area contributed by atoms with Crippen molar-refractivity contribution in [2.45, 2.75) is 38.6 Å². The molecule has 1 amide bonds. The lowest BCUT2D eigenvalue weighted by atomic mass is 9.73. The normalized spacial score (nSPS) is 16.2. The van der Waals surface area contributed by atoms with Gasteiger partial charge in [0.05, 0.1) is 39.0 Å². The Morgan fingerprint density at radius 2 is 1.96 bits per heavy atom. The average Bonchev–Trinajstić information content (AvgIpc) is 2.47. The van der Waals surface area contributed by atoms with Crippen LogP contribution >= 0.6 is 11.6 Å². The molecule has 5 nitrogen and oxygen atoms in total. The fourth-order valence-corrected chi connectivity index (χ4v) is 3.60. The second-order valence-electron chi connectivity index (χ2n) is 6.98. The number of carbonyl (C=O) groups is 2. The lowest BCUT2D eigenvalue weighted by molar-refractivity contribution is -0.936. The van der Waals surface area contributed by atoms with Crippen molar-refractivity contribution in [1.82, 2.24) is 0 Å². The Hall–Kier alpha value is -1.59. The van der Waals surface area contributed by atoms with Gasteiger partial charge in [0.1, 0.15) is 0 Å². The molecule has 0 unspecified atom stereocenters. The summed E-state index contributed by atoms with van der Waals surface area (Å²) in [6, 6.07) is 3.26. The Morgan fingerprint density at radius 3 is 2.42 bits per heavy atom. The van der Waals surface area contributed by atoms with Gasteiger partial charge in [0.15, 0.2) is 5.54 Å². The molecule has 24 heavy (non-hydrogen) atoms. The summed E-state index contributed by atoms with van der Waals surface area (Å²) in [4.78, 5) is 25.2. The highest BCUT2D eigenvalue weighted by Gasteiger charge is 2.56. The van der Waals surface area contributed by atoms with Gasteiger partial charge in [-0.1, -0.05) is 11.6 Å². The third kappa shape index (κ3) is 3.03. The van der Waals surface area contributed by atoms with Gasteiger partial charge >= 0.3 is 5.97 Å². The Morgan fingerprint density at radius 1 is 1.33 bits per heavy atom. The molecule has 0 aliphatic heterocycles. The van der Waals surface area contributed by atoms with Crippen LogP contribution < -0.4 is 5.32 Å². The van der Waals surface area contributed by atoms with Crippen LogP contribution in [0.2, 0.25) is 5.02 Å². The molecule has 0 aromatic heterocycles. The second-order valence-corrected chi connectivity index (χ2v) is 7.41. The van der Waals surface area contributed by atoms with Gasteiger partial charge in [-0.25, -0.2) is 4.79 Å². The largest absolute Gasteiger partial charge is 0.465 e. The predicted octanol–water partition coefficient (Wildman–Crippen LogP) is 3.39. The summed E-state index contributed by atoms with van der Waals surface area (Å²) in [5.41, 5.74) is 1.06. The third-order valence-corrected chi connectivity index (χ3v) is 5.72. The first-order valence-electron chi connectivity index (χ1n) is 8.21. The van der Waals surface area contributed by atoms with Gasteiger partial charge in [0.2, 0.25) is 0 Å². The quantitative estimate of drug-likeness (QED) is 0.652. The number of benzene rings is 1. The number of anilines is 1. The Balaban J connectivity index is 2.41. The lowest BCUT2D eigenvalue weighted by Gasteiger charge is -2.52. The molecule has 1 aromatic rings. The van der Waals surface area contributed by atoms with Crippen LogP contribution in [0.1, 0.15) is 42.1 Å². The molecule has 1 aromatic carbocycles. The van der Waals surface area contributed by atoms with E-state index in [1.54, 1.807) is 6.07 Å². The third-order valence-electron chi connectivity index (χ3n) is 5.50. The van der Waals surface area contributed by atoms with Gasteiger partial charge in [-0.15, -0.1) is 0 Å². The van der Waals surface area contributed by atoms with E-state index in [0.717, 1.165) is 31.4 Å². The fourth-order valence-electron chi connectivity index (χ4n) is 3.33. The number of hydrogen-bond acceptors (Lipinski definition) is 3. The number of carbonyl (C=O) groups excluding carboxylic acids is 2. The number of ether oxygens (including phenoxy) is 1. The molecule has 6 heteroatoms. The highest BCUT2D eigenvalue weighted by atomic mass is 35.5. The van der Waals surface area contributed by atoms with Crippen molar-refractivity contribution in [2.24, 2.45) is 0 Å². The molecule has 1 aliphatic carbocycles. The van der Waals surface area contributed by atoms with Crippen LogP contribution in [0, 0.1) is 6.92 Å². The number of likely N-dealkylation sites (N-methyl/N-ethyl adjacent to an activating group) is 1. The molecule has 0 atom stereocenters. The Labute approximate surface area is 148 Å². The van der Waals surface area contributed by atoms with Crippen molar-refractivity contribution < 1.29 is 18.8 Å². The van der Waals surface area contributed by atoms with Crippen LogP contribution in [-0.4, -0.2) is 49.6 Å². The van der Waals surface area contributed by atoms with E-state index in [1.165, 1.54) is 13.2 Å². The smallest absolute Gasteiger partial charge is 0.340 e. The van der Waals surface area contributed by atoms with Crippen LogP contribution in [-0.2, 0) is 9.53 Å². The van der Waals surface area contributed by atoms with Crippen molar-refractivity contribution in [3.05, 3.63) is 28.3 Å². The highest BCUT2D eigenvalue weighted by molar-refractivity contribution is 6.31. The van der Waals surface area contributed by atoms with Crippen molar-refractivity contribution in [2.75, 3.05) is 33.1 Å². The van der Waals surface area contributed by atoms with E-state index in [4.69, 9.17) is 16.3 Å². The zero-order valence-electron chi connectivity index (χ0n) is 15.0. The minimum absolute atomic E-state index is 0.0452. The second kappa shape index (κ2) is 6.73. The number of nitrogens with zero attached hydrogens (tertiary/aromatic N) is 1. The van der Waals surface area contributed by atoms with E-state index in [9.17, 15) is 9.59 Å². The van der Waals surface area contributed by atoms with Crippen LogP contribution in [0.4, 0.5) is 5.69 Å². The molecule has 1 saturated carbocycles. The molecule has 2 rings (SSSR count). The van der Waals surface area contributed by atoms with E-state index >= 15 is 0 Å². The summed E-state index contributed by atoms with van der Waals surface area (Å²) in [6.45, 7) is 4.76. The van der Waals surface area contributed by atoms with Crippen molar-refractivity contribution in [3.63, 3.8) is 0 Å². The molecule has 0 saturated heterocycles. The average molecular weight is 354 g/mol. The zero-order valence-corrected chi connectivity index (χ0v) is 15.8. The number of rotatable bonds is 5. The van der Waals surface area contributed by atoms with Crippen LogP contribution in [0.15, 0.2) is 12.1 Å². The Bertz CT molecular complexity index is 666. The topological polar surface area (TPSA) is 55.4 Å². The monoisotopic (exact) mass is 353 g/mol. The number of nitrogens with one attached hydrogen (secondary N) is 1. The molecule has 132 valence electrons. The fraction of sp³-hybridized carbons (Fsp3) is 0.556. The number of hydrogen-bond donors (Lipinski definition) is 1. The minimum Gasteiger partial charge on any atom is -0.465 e. The van der Waals surface area contributed by atoms with Crippen molar-refractivity contribution in [3.8, 4) is 0 Å². The van der Waals surface area contributed by atoms with Gasteiger partial charge in [0.25, 0.3) is 5.91 Å². The first-order valence-corrected chi connectivity index (χ1v) is 8.59. The molecule has 0 radical (unpaired) electrons. The number of quaternary nitrogens is 1. The maximum absolute atomic E-state index is 13.1. The number of aryl methyl sites for hydroxylation is 1. The van der Waals surface area contributed by atoms with E-state index in [1.807, 2.05) is 6.92 Å². The molecule has 1 aliphatic rings. The van der Waals surface area contributed by atoms with E-state index < -0.39 is 11.5 Å². The molecule has 1 fully saturated rings. The molecule has 0 spiro atoms. The maximum atomic E-state index is 13.1. The summed E-state index contributed by atoms with van der Waals surface area (Å²) in [7, 11) is 5.47. The minimum atomic E-state index is -0.511. The molecular weight excluding hydrogens is 328 g/mol. The van der Waals surface area contributed by atoms with Crippen molar-refractivity contribution >= 4 is 29.2 Å². The summed E-state index contributed by atoms with van der Waals surface area (Å²) < 4.78 is 5.45. The van der Waals surface area contributed by atoms with Gasteiger partial charge in [-0.05, 0) is 38.0 Å². The SMILES string of the molecule is CC[N+](C)(C)C1(C(=O)Nc2c(C)cc(Cl)cc2C(=O)OC)CCC1. The summed E-state index contributed by atoms with van der Waals surface area (Å²) in [5.74, 6) is -0.557. The Kier molecular flexibility index (Phi) is 5.25. The standard InChI is InChI=1S/C18H25ClN2O3/c1-6-21(3,4)18(8-7-9-18)17(23)20-15-12(2)10-13(19)11-14(15)16(22)24-5/h10-11H,6-9H2,1-5H3/p+1. The first kappa shape index (κ1) is 18.7. The van der Waals surface area contributed by atoms with Gasteiger partial charge in [0, 0.05) is 17.9 Å². The van der Waals surface area contributed by atoms with Crippen LogP contribution in [0.3, 0.4) is 0 Å². The number of amides is 1. The van der Waals surface area contributed by atoms with Crippen LogP contribution in [0.5, 0.6) is 0 Å². The summed E-state index contributed by atoms with van der Waals surface area (Å²) in [5, 5.41) is 3.43. The zero-order chi connectivity index (χ0) is 18.1. The summed E-state index contributed by atoms with van der Waals surface area (Å²) in [6.07, 6.45) is 2.73. The number of methoxy groups -OCH3 is 1. The first-order chi connectivity index (χ1) is 11.2. The van der Waals surface area contributed by atoms with Gasteiger partial charge in [-0.3, -0.25) is 4.79 Å². The maximum Gasteiger partial charge on any atom is 0.340 e. The van der Waals surface area contributed by atoms with Gasteiger partial charge in [-0.2, -0.15) is 0 Å². The molecular formula is C18H26ClN2O3+. The van der Waals surface area contributed by atoms with Crippen LogP contribution in [0.25, 0.3) is 0 Å².